The van der Waals surface area contributed by atoms with E-state index in [0.717, 1.165) is 29.3 Å². The number of carbonyl (C=O) groups is 1. The minimum Gasteiger partial charge on any atom is -0.344 e. The van der Waals surface area contributed by atoms with E-state index in [0.29, 0.717) is 18.1 Å². The molecule has 2 aromatic heterocycles. The third-order valence-electron chi connectivity index (χ3n) is 4.64. The van der Waals surface area contributed by atoms with Crippen molar-refractivity contribution in [2.75, 3.05) is 0 Å². The molecule has 3 rings (SSSR count). The van der Waals surface area contributed by atoms with Gasteiger partial charge in [0, 0.05) is 28.9 Å². The van der Waals surface area contributed by atoms with Crippen LogP contribution in [-0.4, -0.2) is 21.0 Å². The predicted octanol–water partition coefficient (Wildman–Crippen LogP) is 5.12. The number of pyridine rings is 1. The second-order valence-corrected chi connectivity index (χ2v) is 8.24. The maximum Gasteiger partial charge on any atom is 0.249 e. The zero-order chi connectivity index (χ0) is 20.6. The van der Waals surface area contributed by atoms with Crippen molar-refractivity contribution in [1.29, 1.82) is 0 Å². The van der Waals surface area contributed by atoms with E-state index in [2.05, 4.69) is 48.5 Å². The van der Waals surface area contributed by atoms with Crippen LogP contribution in [0, 0.1) is 5.92 Å². The van der Waals surface area contributed by atoms with Crippen LogP contribution >= 0.6 is 15.9 Å². The van der Waals surface area contributed by atoms with Crippen LogP contribution in [0.1, 0.15) is 50.6 Å². The van der Waals surface area contributed by atoms with Gasteiger partial charge in [0.25, 0.3) is 0 Å². The second kappa shape index (κ2) is 10.3. The smallest absolute Gasteiger partial charge is 0.249 e. The first kappa shape index (κ1) is 21.2. The highest BCUT2D eigenvalue weighted by Gasteiger charge is 2.24. The Bertz CT molecular complexity index is 910. The molecule has 0 saturated heterocycles. The highest BCUT2D eigenvalue weighted by Crippen LogP contribution is 2.23. The van der Waals surface area contributed by atoms with E-state index < -0.39 is 0 Å². The summed E-state index contributed by atoms with van der Waals surface area (Å²) in [6.45, 7) is 4.04. The maximum absolute atomic E-state index is 12.4. The molecule has 1 N–H and O–H groups in total. The zero-order valence-corrected chi connectivity index (χ0v) is 18.2. The van der Waals surface area contributed by atoms with Gasteiger partial charge >= 0.3 is 0 Å². The molecule has 152 valence electrons. The number of rotatable bonds is 9. The highest BCUT2D eigenvalue weighted by atomic mass is 79.9. The number of aromatic nitrogens is 3. The average Bonchev–Trinajstić information content (AvgIpc) is 3.21. The summed E-state index contributed by atoms with van der Waals surface area (Å²) in [7, 11) is 0. The van der Waals surface area contributed by atoms with Gasteiger partial charge in [-0.3, -0.25) is 9.78 Å². The number of carbonyl (C=O) groups excluding carboxylic acids is 1. The number of amides is 1. The van der Waals surface area contributed by atoms with Gasteiger partial charge in [-0.05, 0) is 55.0 Å². The lowest BCUT2D eigenvalue weighted by molar-refractivity contribution is -0.122. The Balaban J connectivity index is 1.51. The van der Waals surface area contributed by atoms with Crippen molar-refractivity contribution < 1.29 is 9.32 Å². The molecule has 1 amide bonds. The summed E-state index contributed by atoms with van der Waals surface area (Å²) in [5.41, 5.74) is 2.06. The topological polar surface area (TPSA) is 80.9 Å². The number of hydrogen-bond donors (Lipinski definition) is 1. The number of nitrogens with zero attached hydrogens (tertiary/aromatic N) is 3. The first-order valence-corrected chi connectivity index (χ1v) is 10.6. The van der Waals surface area contributed by atoms with Crippen molar-refractivity contribution in [1.82, 2.24) is 20.4 Å². The Morgan fingerprint density at radius 2 is 1.97 bits per heavy atom. The molecule has 29 heavy (non-hydrogen) atoms. The fourth-order valence-electron chi connectivity index (χ4n) is 3.00. The third-order valence-corrected chi connectivity index (χ3v) is 5.17. The summed E-state index contributed by atoms with van der Waals surface area (Å²) in [6, 6.07) is 11.7. The molecule has 0 aliphatic rings. The van der Waals surface area contributed by atoms with E-state index in [4.69, 9.17) is 4.52 Å². The number of halogens is 1. The molecule has 0 saturated carbocycles. The molecule has 1 aromatic carbocycles. The Kier molecular flexibility index (Phi) is 7.52. The van der Waals surface area contributed by atoms with Gasteiger partial charge in [-0.1, -0.05) is 47.1 Å². The van der Waals surface area contributed by atoms with Crippen molar-refractivity contribution in [3.63, 3.8) is 0 Å². The summed E-state index contributed by atoms with van der Waals surface area (Å²) < 4.78 is 6.51. The SMILES string of the molecule is CC(C)C(NC(=O)CCCCc1ccc(Br)cc1)c1nc(-c2cccnc2)no1. The molecular formula is C22H25BrN4O2. The first-order chi connectivity index (χ1) is 14.0. The van der Waals surface area contributed by atoms with Gasteiger partial charge in [-0.2, -0.15) is 4.98 Å². The van der Waals surface area contributed by atoms with Gasteiger partial charge in [0.05, 0.1) is 0 Å². The van der Waals surface area contributed by atoms with Crippen molar-refractivity contribution in [3.05, 3.63) is 64.7 Å². The lowest BCUT2D eigenvalue weighted by atomic mass is 10.0. The van der Waals surface area contributed by atoms with E-state index >= 15 is 0 Å². The molecule has 0 bridgehead atoms. The lowest BCUT2D eigenvalue weighted by Gasteiger charge is -2.18. The highest BCUT2D eigenvalue weighted by molar-refractivity contribution is 9.10. The van der Waals surface area contributed by atoms with E-state index in [1.807, 2.05) is 38.1 Å². The van der Waals surface area contributed by atoms with E-state index in [-0.39, 0.29) is 17.9 Å². The fourth-order valence-corrected chi connectivity index (χ4v) is 3.26. The standard InChI is InChI=1S/C22H25BrN4O2/c1-15(2)20(22-26-21(27-29-22)17-7-5-13-24-14-17)25-19(28)8-4-3-6-16-9-11-18(23)12-10-16/h5,7,9-15,20H,3-4,6,8H2,1-2H3,(H,25,28). The van der Waals surface area contributed by atoms with Crippen LogP contribution in [0.5, 0.6) is 0 Å². The van der Waals surface area contributed by atoms with Gasteiger partial charge in [-0.15, -0.1) is 0 Å². The Hall–Kier alpha value is -2.54. The van der Waals surface area contributed by atoms with Crippen LogP contribution in [0.25, 0.3) is 11.4 Å². The van der Waals surface area contributed by atoms with Crippen LogP contribution < -0.4 is 5.32 Å². The van der Waals surface area contributed by atoms with Crippen LogP contribution in [0.3, 0.4) is 0 Å². The van der Waals surface area contributed by atoms with Crippen molar-refractivity contribution in [2.24, 2.45) is 5.92 Å². The predicted molar refractivity (Wildman–Crippen MR) is 115 cm³/mol. The summed E-state index contributed by atoms with van der Waals surface area (Å²) in [5.74, 6) is 1.02. The molecule has 1 atom stereocenters. The van der Waals surface area contributed by atoms with Crippen LogP contribution in [0.15, 0.2) is 57.8 Å². The Morgan fingerprint density at radius 3 is 2.66 bits per heavy atom. The van der Waals surface area contributed by atoms with E-state index in [9.17, 15) is 4.79 Å². The molecule has 0 aliphatic heterocycles. The first-order valence-electron chi connectivity index (χ1n) is 9.80. The summed E-state index contributed by atoms with van der Waals surface area (Å²) in [4.78, 5) is 21.0. The van der Waals surface area contributed by atoms with Gasteiger partial charge < -0.3 is 9.84 Å². The monoisotopic (exact) mass is 456 g/mol. The number of benzene rings is 1. The molecular weight excluding hydrogens is 432 g/mol. The van der Waals surface area contributed by atoms with Crippen molar-refractivity contribution in [2.45, 2.75) is 45.6 Å². The molecule has 0 radical (unpaired) electrons. The minimum absolute atomic E-state index is 0.000587. The number of nitrogens with one attached hydrogen (secondary N) is 1. The largest absolute Gasteiger partial charge is 0.344 e. The zero-order valence-electron chi connectivity index (χ0n) is 16.6. The number of hydrogen-bond acceptors (Lipinski definition) is 5. The summed E-state index contributed by atoms with van der Waals surface area (Å²) >= 11 is 3.44. The van der Waals surface area contributed by atoms with Crippen LogP contribution in [0.4, 0.5) is 0 Å². The van der Waals surface area contributed by atoms with Crippen molar-refractivity contribution >= 4 is 21.8 Å². The minimum atomic E-state index is -0.313. The van der Waals surface area contributed by atoms with E-state index in [1.165, 1.54) is 5.56 Å². The summed E-state index contributed by atoms with van der Waals surface area (Å²) in [5, 5.41) is 7.08. The molecule has 0 spiro atoms. The molecule has 0 fully saturated rings. The Morgan fingerprint density at radius 1 is 1.17 bits per heavy atom. The van der Waals surface area contributed by atoms with Crippen molar-refractivity contribution in [3.8, 4) is 11.4 Å². The van der Waals surface area contributed by atoms with Crippen LogP contribution in [0.2, 0.25) is 0 Å². The van der Waals surface area contributed by atoms with Gasteiger partial charge in [0.2, 0.25) is 17.6 Å². The Labute approximate surface area is 179 Å². The fraction of sp³-hybridized carbons (Fsp3) is 0.364. The van der Waals surface area contributed by atoms with Gasteiger partial charge in [0.15, 0.2) is 0 Å². The molecule has 1 unspecified atom stereocenters. The molecule has 3 aromatic rings. The second-order valence-electron chi connectivity index (χ2n) is 7.32. The average molecular weight is 457 g/mol. The number of aryl methyl sites for hydroxylation is 1. The van der Waals surface area contributed by atoms with E-state index in [1.54, 1.807) is 12.4 Å². The molecule has 7 heteroatoms. The molecule has 6 nitrogen and oxygen atoms in total. The maximum atomic E-state index is 12.4. The quantitative estimate of drug-likeness (QED) is 0.451. The normalized spacial score (nSPS) is 12.1. The van der Waals surface area contributed by atoms with Gasteiger partial charge in [-0.25, -0.2) is 0 Å². The third kappa shape index (κ3) is 6.22. The molecule has 2 heterocycles. The molecule has 0 aliphatic carbocycles. The summed E-state index contributed by atoms with van der Waals surface area (Å²) in [6.07, 6.45) is 6.61. The van der Waals surface area contributed by atoms with Crippen LogP contribution in [-0.2, 0) is 11.2 Å². The lowest BCUT2D eigenvalue weighted by Crippen LogP contribution is -2.31. The number of unbranched alkanes of at least 4 members (excludes halogenated alkanes) is 1. The van der Waals surface area contributed by atoms with Gasteiger partial charge in [0.1, 0.15) is 6.04 Å².